The lowest BCUT2D eigenvalue weighted by molar-refractivity contribution is 0.0559. The van der Waals surface area contributed by atoms with Crippen molar-refractivity contribution in [2.75, 3.05) is 7.05 Å². The number of hydrogen-bond acceptors (Lipinski definition) is 4. The summed E-state index contributed by atoms with van der Waals surface area (Å²) in [4.78, 5) is 39.5. The number of carboxylic acid groups (broad SMARTS) is 1. The average molecular weight is 396 g/mol. The number of hydrogen-bond donors (Lipinski definition) is 1. The van der Waals surface area contributed by atoms with E-state index >= 15 is 0 Å². The molecule has 1 aromatic heterocycles. The molecule has 2 aliphatic rings. The van der Waals surface area contributed by atoms with Gasteiger partial charge in [0.15, 0.2) is 11.4 Å². The summed E-state index contributed by atoms with van der Waals surface area (Å²) in [6, 6.07) is 9.20. The molecule has 7 heteroatoms. The molecule has 152 valence electrons. The molecule has 0 bridgehead atoms. The van der Waals surface area contributed by atoms with Crippen molar-refractivity contribution in [3.63, 3.8) is 0 Å². The zero-order valence-corrected chi connectivity index (χ0v) is 16.3. The van der Waals surface area contributed by atoms with Gasteiger partial charge >= 0.3 is 5.97 Å². The molecule has 1 saturated carbocycles. The number of likely N-dealkylation sites (N-methyl/N-ethyl adjacent to an activating group) is 1. The van der Waals surface area contributed by atoms with Crippen LogP contribution >= 0.6 is 0 Å². The zero-order valence-electron chi connectivity index (χ0n) is 16.3. The van der Waals surface area contributed by atoms with Gasteiger partial charge in [0.05, 0.1) is 12.1 Å². The Morgan fingerprint density at radius 2 is 1.79 bits per heavy atom. The van der Waals surface area contributed by atoms with E-state index in [0.29, 0.717) is 0 Å². The third-order valence-corrected chi connectivity index (χ3v) is 5.97. The van der Waals surface area contributed by atoms with Gasteiger partial charge in [0.2, 0.25) is 5.43 Å². The van der Waals surface area contributed by atoms with Crippen molar-refractivity contribution >= 4 is 11.9 Å². The molecule has 1 fully saturated rings. The third-order valence-electron chi connectivity index (χ3n) is 5.97. The number of rotatable bonds is 4. The molecule has 2 atom stereocenters. The number of nitrogens with zero attached hydrogens (tertiary/aromatic N) is 2. The van der Waals surface area contributed by atoms with Crippen molar-refractivity contribution in [1.82, 2.24) is 9.47 Å². The number of ether oxygens (including phenoxy) is 1. The fraction of sp³-hybridized carbons (Fsp3) is 0.409. The number of aromatic carboxylic acids is 1. The molecule has 2 heterocycles. The van der Waals surface area contributed by atoms with Gasteiger partial charge in [0.1, 0.15) is 12.2 Å². The predicted molar refractivity (Wildman–Crippen MR) is 106 cm³/mol. The summed E-state index contributed by atoms with van der Waals surface area (Å²) >= 11 is 0. The van der Waals surface area contributed by atoms with Crippen molar-refractivity contribution in [2.24, 2.45) is 0 Å². The zero-order chi connectivity index (χ0) is 20.5. The lowest BCUT2D eigenvalue weighted by Crippen LogP contribution is -2.49. The van der Waals surface area contributed by atoms with E-state index in [0.717, 1.165) is 37.7 Å². The highest BCUT2D eigenvalue weighted by Crippen LogP contribution is 2.38. The monoisotopic (exact) mass is 396 g/mol. The predicted octanol–water partition coefficient (Wildman–Crippen LogP) is 3.08. The highest BCUT2D eigenvalue weighted by Gasteiger charge is 2.41. The molecular formula is C22H24N2O5. The first-order valence-electron chi connectivity index (χ1n) is 9.95. The van der Waals surface area contributed by atoms with Crippen LogP contribution < -0.4 is 10.2 Å². The second-order valence-electron chi connectivity index (χ2n) is 7.73. The highest BCUT2D eigenvalue weighted by molar-refractivity contribution is 5.98. The van der Waals surface area contributed by atoms with E-state index in [4.69, 9.17) is 4.74 Å². The van der Waals surface area contributed by atoms with Crippen LogP contribution in [0.25, 0.3) is 0 Å². The normalized spacial score (nSPS) is 21.1. The lowest BCUT2D eigenvalue weighted by Gasteiger charge is -2.41. The van der Waals surface area contributed by atoms with Crippen LogP contribution in [-0.4, -0.2) is 39.5 Å². The minimum atomic E-state index is -1.31. The first-order valence-corrected chi connectivity index (χ1v) is 9.95. The molecule has 0 unspecified atom stereocenters. The van der Waals surface area contributed by atoms with Crippen LogP contribution in [-0.2, 0) is 6.61 Å². The SMILES string of the molecule is CN1C(=O)c2c(OCc3ccccc3)c(=O)c(C(=O)O)cn2[C@@H]2CCCCC[C@@H]21. The van der Waals surface area contributed by atoms with Crippen LogP contribution in [0.3, 0.4) is 0 Å². The largest absolute Gasteiger partial charge is 0.483 e. The molecule has 1 N–H and O–H groups in total. The van der Waals surface area contributed by atoms with Crippen molar-refractivity contribution in [1.29, 1.82) is 0 Å². The maximum Gasteiger partial charge on any atom is 0.341 e. The van der Waals surface area contributed by atoms with E-state index in [9.17, 15) is 19.5 Å². The number of fused-ring (bicyclic) bond motifs is 3. The molecule has 29 heavy (non-hydrogen) atoms. The minimum Gasteiger partial charge on any atom is -0.483 e. The number of carbonyl (C=O) groups excluding carboxylic acids is 1. The van der Waals surface area contributed by atoms with Gasteiger partial charge in [-0.15, -0.1) is 0 Å². The fourth-order valence-corrected chi connectivity index (χ4v) is 4.46. The number of pyridine rings is 1. The quantitative estimate of drug-likeness (QED) is 0.858. The summed E-state index contributed by atoms with van der Waals surface area (Å²) in [5.74, 6) is -1.79. The molecule has 4 rings (SSSR count). The summed E-state index contributed by atoms with van der Waals surface area (Å²) in [7, 11) is 1.76. The van der Waals surface area contributed by atoms with Crippen molar-refractivity contribution in [2.45, 2.75) is 50.8 Å². The molecule has 7 nitrogen and oxygen atoms in total. The second-order valence-corrected chi connectivity index (χ2v) is 7.73. The van der Waals surface area contributed by atoms with Crippen LogP contribution in [0.15, 0.2) is 41.3 Å². The molecular weight excluding hydrogens is 372 g/mol. The minimum absolute atomic E-state index is 0.0105. The van der Waals surface area contributed by atoms with Crippen molar-refractivity contribution in [3.8, 4) is 5.75 Å². The molecule has 0 saturated heterocycles. The standard InChI is InChI=1S/C22H24N2O5/c1-23-16-10-6-3-7-11-17(16)24-12-15(22(27)28)19(25)20(18(24)21(23)26)29-13-14-8-4-2-5-9-14/h2,4-5,8-9,12,16-17H,3,6-7,10-11,13H2,1H3,(H,27,28)/t16-,17+/m0/s1. The number of aromatic nitrogens is 1. The Kier molecular flexibility index (Phi) is 5.13. The van der Waals surface area contributed by atoms with E-state index in [2.05, 4.69) is 0 Å². The first-order chi connectivity index (χ1) is 14.0. The smallest absolute Gasteiger partial charge is 0.341 e. The van der Waals surface area contributed by atoms with Crippen LogP contribution in [0, 0.1) is 0 Å². The second kappa shape index (κ2) is 7.73. The van der Waals surface area contributed by atoms with E-state index in [1.54, 1.807) is 16.5 Å². The highest BCUT2D eigenvalue weighted by atomic mass is 16.5. The number of carboxylic acids is 1. The Labute approximate surface area is 168 Å². The molecule has 0 radical (unpaired) electrons. The van der Waals surface area contributed by atoms with Gasteiger partial charge < -0.3 is 19.3 Å². The van der Waals surface area contributed by atoms with Crippen LogP contribution in [0.4, 0.5) is 0 Å². The maximum atomic E-state index is 13.2. The third kappa shape index (κ3) is 3.41. The van der Waals surface area contributed by atoms with Crippen LogP contribution in [0.2, 0.25) is 0 Å². The topological polar surface area (TPSA) is 88.8 Å². The Bertz CT molecular complexity index is 998. The fourth-order valence-electron chi connectivity index (χ4n) is 4.46. The Balaban J connectivity index is 1.85. The van der Waals surface area contributed by atoms with Gasteiger partial charge in [-0.05, 0) is 18.4 Å². The van der Waals surface area contributed by atoms with Crippen LogP contribution in [0.1, 0.15) is 64.6 Å². The molecule has 1 amide bonds. The van der Waals surface area contributed by atoms with Gasteiger partial charge in [-0.3, -0.25) is 9.59 Å². The summed E-state index contributed by atoms with van der Waals surface area (Å²) in [6.45, 7) is 0.0806. The van der Waals surface area contributed by atoms with E-state index in [1.807, 2.05) is 30.3 Å². The summed E-state index contributed by atoms with van der Waals surface area (Å²) in [5, 5.41) is 9.58. The summed E-state index contributed by atoms with van der Waals surface area (Å²) in [5.41, 5.74) is -0.137. The Morgan fingerprint density at radius 3 is 2.48 bits per heavy atom. The summed E-state index contributed by atoms with van der Waals surface area (Å²) in [6.07, 6.45) is 6.13. The van der Waals surface area contributed by atoms with Gasteiger partial charge in [-0.2, -0.15) is 0 Å². The molecule has 1 aromatic carbocycles. The number of amides is 1. The molecule has 2 aromatic rings. The first kappa shape index (κ1) is 19.2. The Hall–Kier alpha value is -3.09. The average Bonchev–Trinajstić information content (AvgIpc) is 2.97. The van der Waals surface area contributed by atoms with Crippen molar-refractivity contribution < 1.29 is 19.4 Å². The van der Waals surface area contributed by atoms with Gasteiger partial charge in [-0.25, -0.2) is 4.79 Å². The van der Waals surface area contributed by atoms with Gasteiger partial charge in [-0.1, -0.05) is 49.6 Å². The van der Waals surface area contributed by atoms with Gasteiger partial charge in [0.25, 0.3) is 5.91 Å². The Morgan fingerprint density at radius 1 is 1.10 bits per heavy atom. The van der Waals surface area contributed by atoms with E-state index < -0.39 is 11.4 Å². The number of carbonyl (C=O) groups is 2. The van der Waals surface area contributed by atoms with Crippen molar-refractivity contribution in [3.05, 3.63) is 63.6 Å². The lowest BCUT2D eigenvalue weighted by atomic mass is 9.96. The van der Waals surface area contributed by atoms with E-state index in [-0.39, 0.29) is 41.6 Å². The van der Waals surface area contributed by atoms with E-state index in [1.165, 1.54) is 6.20 Å². The maximum absolute atomic E-state index is 13.2. The molecule has 1 aliphatic carbocycles. The molecule has 0 spiro atoms. The van der Waals surface area contributed by atoms with Crippen LogP contribution in [0.5, 0.6) is 5.75 Å². The number of benzene rings is 1. The van der Waals surface area contributed by atoms with Gasteiger partial charge in [0, 0.05) is 13.2 Å². The molecule has 1 aliphatic heterocycles. The summed E-state index contributed by atoms with van der Waals surface area (Å²) < 4.78 is 7.50.